The summed E-state index contributed by atoms with van der Waals surface area (Å²) in [6.45, 7) is 1.87. The summed E-state index contributed by atoms with van der Waals surface area (Å²) in [4.78, 5) is 3.76. The molecule has 0 aromatic carbocycles. The fourth-order valence-corrected chi connectivity index (χ4v) is 2.37. The van der Waals surface area contributed by atoms with Crippen molar-refractivity contribution < 1.29 is 17.9 Å². The van der Waals surface area contributed by atoms with Crippen LogP contribution in [-0.2, 0) is 10.9 Å². The summed E-state index contributed by atoms with van der Waals surface area (Å²) in [5.74, 6) is 5.34. The predicted molar refractivity (Wildman–Crippen MR) is 58.3 cm³/mol. The Balaban J connectivity index is 2.93. The Kier molecular flexibility index (Phi) is 4.87. The van der Waals surface area contributed by atoms with E-state index in [2.05, 4.69) is 10.4 Å². The third kappa shape index (κ3) is 3.38. The second-order valence-corrected chi connectivity index (χ2v) is 4.45. The smallest absolute Gasteiger partial charge is 0.379 e. The van der Waals surface area contributed by atoms with Crippen LogP contribution in [0.4, 0.5) is 13.2 Å². The van der Waals surface area contributed by atoms with E-state index in [0.29, 0.717) is 22.6 Å². The van der Waals surface area contributed by atoms with Crippen LogP contribution >= 0.6 is 11.3 Å². The molecule has 0 saturated heterocycles. The molecule has 0 radical (unpaired) electrons. The molecule has 4 nitrogen and oxygen atoms in total. The molecule has 0 bridgehead atoms. The van der Waals surface area contributed by atoms with E-state index >= 15 is 0 Å². The molecule has 0 fully saturated rings. The van der Waals surface area contributed by atoms with Crippen molar-refractivity contribution in [2.45, 2.75) is 31.7 Å². The van der Waals surface area contributed by atoms with E-state index in [1.807, 2.05) is 6.92 Å². The molecule has 98 valence electrons. The monoisotopic (exact) mass is 269 g/mol. The Bertz CT molecular complexity index is 352. The molecule has 1 aromatic rings. The van der Waals surface area contributed by atoms with Crippen LogP contribution in [0.3, 0.4) is 0 Å². The van der Waals surface area contributed by atoms with Crippen molar-refractivity contribution >= 4 is 11.3 Å². The lowest BCUT2D eigenvalue weighted by molar-refractivity contribution is -0.137. The van der Waals surface area contributed by atoms with Gasteiger partial charge in [-0.15, -0.1) is 11.3 Å². The van der Waals surface area contributed by atoms with Gasteiger partial charge in [0, 0.05) is 18.2 Å². The topological polar surface area (TPSA) is 60.2 Å². The molecule has 1 rings (SSSR count). The largest absolute Gasteiger partial charge is 0.443 e. The summed E-state index contributed by atoms with van der Waals surface area (Å²) in [5, 5.41) is -0.876. The van der Waals surface area contributed by atoms with Crippen LogP contribution in [0.25, 0.3) is 0 Å². The van der Waals surface area contributed by atoms with Gasteiger partial charge in [-0.1, -0.05) is 6.92 Å². The van der Waals surface area contributed by atoms with E-state index in [-0.39, 0.29) is 6.10 Å². The fourth-order valence-electron chi connectivity index (χ4n) is 1.47. The Morgan fingerprint density at radius 2 is 2.24 bits per heavy atom. The normalized spacial score (nSPS) is 15.9. The first-order chi connectivity index (χ1) is 7.93. The average molecular weight is 269 g/mol. The van der Waals surface area contributed by atoms with Crippen molar-refractivity contribution in [2.24, 2.45) is 5.84 Å². The number of ether oxygens (including phenoxy) is 1. The highest BCUT2D eigenvalue weighted by atomic mass is 32.1. The maximum Gasteiger partial charge on any atom is 0.443 e. The highest BCUT2D eigenvalue weighted by Crippen LogP contribution is 2.35. The molecule has 2 atom stereocenters. The number of halogens is 3. The molecule has 0 amide bonds. The molecular weight excluding hydrogens is 255 g/mol. The van der Waals surface area contributed by atoms with Crippen LogP contribution in [0.1, 0.15) is 29.3 Å². The van der Waals surface area contributed by atoms with Crippen molar-refractivity contribution in [3.05, 3.63) is 16.1 Å². The maximum absolute atomic E-state index is 12.4. The zero-order valence-corrected chi connectivity index (χ0v) is 10.2. The number of hydrogen-bond donors (Lipinski definition) is 2. The first-order valence-corrected chi connectivity index (χ1v) is 5.77. The minimum Gasteiger partial charge on any atom is -0.379 e. The van der Waals surface area contributed by atoms with Gasteiger partial charge >= 0.3 is 6.18 Å². The second-order valence-electron chi connectivity index (χ2n) is 3.39. The first-order valence-electron chi connectivity index (χ1n) is 4.95. The number of hydrazine groups is 1. The molecule has 0 aliphatic carbocycles. The molecule has 0 aliphatic heterocycles. The molecule has 0 aliphatic rings. The molecule has 1 heterocycles. The van der Waals surface area contributed by atoms with Gasteiger partial charge in [-0.05, 0) is 6.42 Å². The van der Waals surface area contributed by atoms with Crippen molar-refractivity contribution in [3.8, 4) is 0 Å². The van der Waals surface area contributed by atoms with Crippen LogP contribution < -0.4 is 11.3 Å². The van der Waals surface area contributed by atoms with Gasteiger partial charge in [0.2, 0.25) is 0 Å². The zero-order valence-electron chi connectivity index (χ0n) is 9.41. The van der Waals surface area contributed by atoms with Crippen LogP contribution in [-0.4, -0.2) is 18.2 Å². The second kappa shape index (κ2) is 5.76. The van der Waals surface area contributed by atoms with Gasteiger partial charge in [0.05, 0.1) is 12.1 Å². The predicted octanol–water partition coefficient (Wildman–Crippen LogP) is 2.09. The Labute approximate surface area is 101 Å². The average Bonchev–Trinajstić information content (AvgIpc) is 2.74. The van der Waals surface area contributed by atoms with Crippen molar-refractivity contribution in [1.82, 2.24) is 10.4 Å². The lowest BCUT2D eigenvalue weighted by atomic mass is 10.1. The van der Waals surface area contributed by atoms with Crippen molar-refractivity contribution in [3.63, 3.8) is 0 Å². The lowest BCUT2D eigenvalue weighted by Gasteiger charge is -2.22. The Morgan fingerprint density at radius 1 is 1.59 bits per heavy atom. The van der Waals surface area contributed by atoms with Gasteiger partial charge < -0.3 is 4.74 Å². The van der Waals surface area contributed by atoms with Gasteiger partial charge in [-0.2, -0.15) is 13.2 Å². The van der Waals surface area contributed by atoms with Crippen molar-refractivity contribution in [1.29, 1.82) is 0 Å². The van der Waals surface area contributed by atoms with E-state index < -0.39 is 17.2 Å². The highest BCUT2D eigenvalue weighted by molar-refractivity contribution is 7.11. The lowest BCUT2D eigenvalue weighted by Crippen LogP contribution is -2.36. The minimum atomic E-state index is -4.42. The molecule has 0 spiro atoms. The molecule has 2 unspecified atom stereocenters. The molecule has 1 aromatic heterocycles. The summed E-state index contributed by atoms with van der Waals surface area (Å²) in [6.07, 6.45) is -2.90. The summed E-state index contributed by atoms with van der Waals surface area (Å²) in [6, 6.07) is -0.487. The Hall–Kier alpha value is -0.700. The number of hydrogen-bond acceptors (Lipinski definition) is 5. The summed E-state index contributed by atoms with van der Waals surface area (Å²) in [7, 11) is 1.49. The number of thiazole rings is 1. The SMILES string of the molecule is CCC(OC)C(NN)c1cnc(C(F)(F)F)s1. The number of nitrogens with one attached hydrogen (secondary N) is 1. The molecule has 3 N–H and O–H groups in total. The third-order valence-corrected chi connectivity index (χ3v) is 3.45. The van der Waals surface area contributed by atoms with Crippen LogP contribution in [0.2, 0.25) is 0 Å². The number of rotatable bonds is 5. The van der Waals surface area contributed by atoms with E-state index in [0.717, 1.165) is 0 Å². The van der Waals surface area contributed by atoms with Gasteiger partial charge in [0.1, 0.15) is 0 Å². The number of nitrogens with two attached hydrogens (primary N) is 1. The Morgan fingerprint density at radius 3 is 2.59 bits per heavy atom. The third-order valence-electron chi connectivity index (χ3n) is 2.33. The summed E-state index contributed by atoms with van der Waals surface area (Å²) in [5.41, 5.74) is 2.46. The molecule has 17 heavy (non-hydrogen) atoms. The maximum atomic E-state index is 12.4. The van der Waals surface area contributed by atoms with E-state index in [4.69, 9.17) is 10.6 Å². The first kappa shape index (κ1) is 14.4. The van der Waals surface area contributed by atoms with Gasteiger partial charge in [0.15, 0.2) is 5.01 Å². The van der Waals surface area contributed by atoms with Crippen LogP contribution in [0.5, 0.6) is 0 Å². The summed E-state index contributed by atoms with van der Waals surface area (Å²) < 4.78 is 42.4. The van der Waals surface area contributed by atoms with Crippen LogP contribution in [0.15, 0.2) is 6.20 Å². The van der Waals surface area contributed by atoms with Gasteiger partial charge in [-0.25, -0.2) is 10.4 Å². The minimum absolute atomic E-state index is 0.290. The fraction of sp³-hybridized carbons (Fsp3) is 0.667. The van der Waals surface area contributed by atoms with Gasteiger partial charge in [0.25, 0.3) is 0 Å². The van der Waals surface area contributed by atoms with E-state index in [1.54, 1.807) is 0 Å². The molecule has 8 heteroatoms. The van der Waals surface area contributed by atoms with E-state index in [1.165, 1.54) is 13.3 Å². The van der Waals surface area contributed by atoms with Gasteiger partial charge in [-0.3, -0.25) is 5.84 Å². The highest BCUT2D eigenvalue weighted by Gasteiger charge is 2.36. The van der Waals surface area contributed by atoms with E-state index in [9.17, 15) is 13.2 Å². The zero-order chi connectivity index (χ0) is 13.1. The van der Waals surface area contributed by atoms with Crippen molar-refractivity contribution in [2.75, 3.05) is 7.11 Å². The number of alkyl halides is 3. The molecule has 0 saturated carbocycles. The quantitative estimate of drug-likeness (QED) is 0.634. The summed E-state index contributed by atoms with van der Waals surface area (Å²) >= 11 is 0.573. The number of methoxy groups -OCH3 is 1. The standard InChI is InChI=1S/C9H14F3N3OS/c1-3-5(16-2)7(15-13)6-4-14-8(17-6)9(10,11)12/h4-5,7,15H,3,13H2,1-2H3. The van der Waals surface area contributed by atoms with Crippen LogP contribution in [0, 0.1) is 0 Å². The number of aromatic nitrogens is 1. The number of nitrogens with zero attached hydrogens (tertiary/aromatic N) is 1. The molecular formula is C9H14F3N3OS.